The molecule has 7 heteroatoms. The molecule has 5 rings (SSSR count). The third-order valence-electron chi connectivity index (χ3n) is 5.85. The van der Waals surface area contributed by atoms with Gasteiger partial charge in [-0.25, -0.2) is 9.50 Å². The normalized spacial score (nSPS) is 14.6. The number of hydrogen-bond donors (Lipinski definition) is 1. The van der Waals surface area contributed by atoms with Crippen molar-refractivity contribution in [1.29, 1.82) is 0 Å². The van der Waals surface area contributed by atoms with Crippen molar-refractivity contribution < 1.29 is 4.74 Å². The van der Waals surface area contributed by atoms with Crippen molar-refractivity contribution in [2.75, 3.05) is 50.1 Å². The number of rotatable bonds is 6. The molecule has 1 N–H and O–H groups in total. The Morgan fingerprint density at radius 3 is 2.50 bits per heavy atom. The summed E-state index contributed by atoms with van der Waals surface area (Å²) in [6.07, 6.45) is 1.83. The Hall–Kier alpha value is -3.58. The fourth-order valence-corrected chi connectivity index (χ4v) is 4.07. The van der Waals surface area contributed by atoms with E-state index in [1.165, 1.54) is 5.69 Å². The van der Waals surface area contributed by atoms with E-state index in [9.17, 15) is 0 Å². The highest BCUT2D eigenvalue weighted by Crippen LogP contribution is 2.31. The van der Waals surface area contributed by atoms with Crippen LogP contribution >= 0.6 is 0 Å². The lowest BCUT2D eigenvalue weighted by Crippen LogP contribution is -2.44. The lowest BCUT2D eigenvalue weighted by molar-refractivity contribution is 0.313. The zero-order valence-corrected chi connectivity index (χ0v) is 18.5. The quantitative estimate of drug-likeness (QED) is 0.494. The molecule has 32 heavy (non-hydrogen) atoms. The second-order valence-corrected chi connectivity index (χ2v) is 8.03. The number of aromatic nitrogens is 3. The van der Waals surface area contributed by atoms with Crippen LogP contribution in [0.4, 0.5) is 17.3 Å². The molecule has 164 valence electrons. The second-order valence-electron chi connectivity index (χ2n) is 8.03. The number of nitrogens with zero attached hydrogens (tertiary/aromatic N) is 5. The highest BCUT2D eigenvalue weighted by Gasteiger charge is 2.15. The van der Waals surface area contributed by atoms with Crippen LogP contribution in [0.2, 0.25) is 0 Å². The first-order valence-electron chi connectivity index (χ1n) is 11.1. The number of hydrogen-bond acceptors (Lipinski definition) is 6. The second kappa shape index (κ2) is 8.88. The number of piperazine rings is 1. The number of benzene rings is 2. The lowest BCUT2D eigenvalue weighted by atomic mass is 10.1. The van der Waals surface area contributed by atoms with Gasteiger partial charge in [-0.1, -0.05) is 12.1 Å². The van der Waals surface area contributed by atoms with Crippen LogP contribution in [0.25, 0.3) is 16.8 Å². The van der Waals surface area contributed by atoms with Crippen molar-refractivity contribution >= 4 is 22.8 Å². The van der Waals surface area contributed by atoms with Gasteiger partial charge in [0, 0.05) is 43.1 Å². The fraction of sp³-hybridized carbons (Fsp3) is 0.280. The summed E-state index contributed by atoms with van der Waals surface area (Å²) in [5.74, 6) is 1.40. The number of ether oxygens (including phenoxy) is 1. The molecule has 2 aromatic carbocycles. The Kier molecular flexibility index (Phi) is 5.64. The molecule has 0 radical (unpaired) electrons. The zero-order chi connectivity index (χ0) is 21.9. The summed E-state index contributed by atoms with van der Waals surface area (Å²) in [5, 5.41) is 8.09. The largest absolute Gasteiger partial charge is 0.493 e. The molecule has 0 atom stereocenters. The number of anilines is 3. The summed E-state index contributed by atoms with van der Waals surface area (Å²) >= 11 is 0. The Balaban J connectivity index is 1.38. The van der Waals surface area contributed by atoms with Crippen LogP contribution in [0, 0.1) is 0 Å². The van der Waals surface area contributed by atoms with Crippen molar-refractivity contribution in [3.8, 4) is 17.0 Å². The predicted octanol–water partition coefficient (Wildman–Crippen LogP) is 4.29. The van der Waals surface area contributed by atoms with Crippen LogP contribution in [-0.4, -0.2) is 59.3 Å². The SMILES string of the molecule is CCOc1ccccc1-c1ccc2cnc(Nc3ccc(N4CCN(C)CC4)cc3)nn12. The molecule has 0 saturated carbocycles. The van der Waals surface area contributed by atoms with Crippen LogP contribution in [-0.2, 0) is 0 Å². The number of para-hydroxylation sites is 1. The van der Waals surface area contributed by atoms with E-state index in [-0.39, 0.29) is 0 Å². The first-order valence-corrected chi connectivity index (χ1v) is 11.1. The monoisotopic (exact) mass is 428 g/mol. The number of nitrogens with one attached hydrogen (secondary N) is 1. The number of likely N-dealkylation sites (N-methyl/N-ethyl adjacent to an activating group) is 1. The van der Waals surface area contributed by atoms with E-state index in [0.29, 0.717) is 12.6 Å². The molecule has 1 saturated heterocycles. The molecule has 7 nitrogen and oxygen atoms in total. The minimum Gasteiger partial charge on any atom is -0.493 e. The van der Waals surface area contributed by atoms with Gasteiger partial charge in [0.05, 0.1) is 24.0 Å². The third-order valence-corrected chi connectivity index (χ3v) is 5.85. The topological polar surface area (TPSA) is 57.9 Å². The average molecular weight is 429 g/mol. The van der Waals surface area contributed by atoms with E-state index in [2.05, 4.69) is 63.5 Å². The molecule has 2 aromatic heterocycles. The predicted molar refractivity (Wildman–Crippen MR) is 129 cm³/mol. The summed E-state index contributed by atoms with van der Waals surface area (Å²) < 4.78 is 7.73. The van der Waals surface area contributed by atoms with Gasteiger partial charge in [-0.05, 0) is 62.5 Å². The maximum absolute atomic E-state index is 5.82. The van der Waals surface area contributed by atoms with Gasteiger partial charge in [0.25, 0.3) is 0 Å². The molecule has 1 fully saturated rings. The molecule has 0 spiro atoms. The highest BCUT2D eigenvalue weighted by atomic mass is 16.5. The van der Waals surface area contributed by atoms with Crippen LogP contribution in [0.15, 0.2) is 66.9 Å². The van der Waals surface area contributed by atoms with Crippen molar-refractivity contribution in [1.82, 2.24) is 19.5 Å². The van der Waals surface area contributed by atoms with E-state index in [4.69, 9.17) is 9.84 Å². The molecule has 0 aliphatic carbocycles. The molecular weight excluding hydrogens is 400 g/mol. The molecule has 0 bridgehead atoms. The first kappa shape index (κ1) is 20.3. The summed E-state index contributed by atoms with van der Waals surface area (Å²) in [4.78, 5) is 9.29. The Labute approximate surface area is 188 Å². The summed E-state index contributed by atoms with van der Waals surface area (Å²) in [5.41, 5.74) is 5.13. The van der Waals surface area contributed by atoms with Gasteiger partial charge in [0.1, 0.15) is 5.75 Å². The maximum atomic E-state index is 5.82. The molecule has 3 heterocycles. The van der Waals surface area contributed by atoms with Crippen LogP contribution < -0.4 is 15.0 Å². The van der Waals surface area contributed by atoms with Crippen LogP contribution in [0.3, 0.4) is 0 Å². The fourth-order valence-electron chi connectivity index (χ4n) is 4.07. The average Bonchev–Trinajstić information content (AvgIpc) is 3.24. The molecule has 0 amide bonds. The van der Waals surface area contributed by atoms with Crippen LogP contribution in [0.5, 0.6) is 5.75 Å². The highest BCUT2D eigenvalue weighted by molar-refractivity contribution is 5.72. The van der Waals surface area contributed by atoms with Gasteiger partial charge in [-0.2, -0.15) is 0 Å². The van der Waals surface area contributed by atoms with Crippen molar-refractivity contribution in [2.45, 2.75) is 6.92 Å². The Bertz CT molecular complexity index is 1190. The minimum atomic E-state index is 0.552. The van der Waals surface area contributed by atoms with Crippen molar-refractivity contribution in [3.63, 3.8) is 0 Å². The van der Waals surface area contributed by atoms with Crippen molar-refractivity contribution in [2.24, 2.45) is 0 Å². The summed E-state index contributed by atoms with van der Waals surface area (Å²) in [6.45, 7) is 6.92. The minimum absolute atomic E-state index is 0.552. The van der Waals surface area contributed by atoms with Gasteiger partial charge in [0.2, 0.25) is 5.95 Å². The van der Waals surface area contributed by atoms with Crippen LogP contribution in [0.1, 0.15) is 6.92 Å². The van der Waals surface area contributed by atoms with Gasteiger partial charge in [0.15, 0.2) is 0 Å². The van der Waals surface area contributed by atoms with Gasteiger partial charge in [-0.15, -0.1) is 5.10 Å². The standard InChI is InChI=1S/C25H28N6O/c1-3-32-24-7-5-4-6-22(24)23-13-12-21-18-26-25(28-31(21)23)27-19-8-10-20(11-9-19)30-16-14-29(2)15-17-30/h4-13,18H,3,14-17H2,1-2H3,(H,27,28). The smallest absolute Gasteiger partial charge is 0.245 e. The Morgan fingerprint density at radius 2 is 1.72 bits per heavy atom. The lowest BCUT2D eigenvalue weighted by Gasteiger charge is -2.34. The third kappa shape index (κ3) is 4.11. The van der Waals surface area contributed by atoms with E-state index in [0.717, 1.165) is 54.4 Å². The van der Waals surface area contributed by atoms with Crippen molar-refractivity contribution in [3.05, 3.63) is 66.9 Å². The van der Waals surface area contributed by atoms with Gasteiger partial charge < -0.3 is 19.9 Å². The molecule has 4 aromatic rings. The molecular formula is C25H28N6O. The molecule has 1 aliphatic rings. The Morgan fingerprint density at radius 1 is 0.938 bits per heavy atom. The summed E-state index contributed by atoms with van der Waals surface area (Å²) in [6, 6.07) is 20.6. The molecule has 1 aliphatic heterocycles. The van der Waals surface area contributed by atoms with E-state index in [1.54, 1.807) is 0 Å². The van der Waals surface area contributed by atoms with Gasteiger partial charge >= 0.3 is 0 Å². The zero-order valence-electron chi connectivity index (χ0n) is 18.5. The van der Waals surface area contributed by atoms with E-state index in [1.807, 2.05) is 41.9 Å². The van der Waals surface area contributed by atoms with E-state index < -0.39 is 0 Å². The first-order chi connectivity index (χ1) is 15.7. The number of fused-ring (bicyclic) bond motifs is 1. The summed E-state index contributed by atoms with van der Waals surface area (Å²) in [7, 11) is 2.17. The molecule has 0 unspecified atom stereocenters. The van der Waals surface area contributed by atoms with E-state index >= 15 is 0 Å². The maximum Gasteiger partial charge on any atom is 0.245 e. The van der Waals surface area contributed by atoms with Gasteiger partial charge in [-0.3, -0.25) is 0 Å².